The maximum Gasteiger partial charge on any atom is 0.229 e. The number of hydrogen-bond acceptors (Lipinski definition) is 4. The molecule has 2 aromatic rings. The molecule has 0 saturated carbocycles. The lowest BCUT2D eigenvalue weighted by Gasteiger charge is -2.17. The lowest BCUT2D eigenvalue weighted by atomic mass is 10.1. The molecule has 2 aromatic carbocycles. The van der Waals surface area contributed by atoms with Crippen molar-refractivity contribution >= 4 is 17.5 Å². The molecule has 1 aliphatic heterocycles. The van der Waals surface area contributed by atoms with E-state index in [0.717, 1.165) is 22.4 Å². The van der Waals surface area contributed by atoms with Gasteiger partial charge in [-0.2, -0.15) is 0 Å². The highest BCUT2D eigenvalue weighted by Gasteiger charge is 2.34. The average molecular weight is 396 g/mol. The van der Waals surface area contributed by atoms with Gasteiger partial charge in [0.25, 0.3) is 0 Å². The Morgan fingerprint density at radius 2 is 1.86 bits per heavy atom. The van der Waals surface area contributed by atoms with Crippen molar-refractivity contribution in [1.29, 1.82) is 0 Å². The third kappa shape index (κ3) is 4.88. The first kappa shape index (κ1) is 20.7. The molecule has 154 valence electrons. The van der Waals surface area contributed by atoms with Gasteiger partial charge in [-0.15, -0.1) is 0 Å². The summed E-state index contributed by atoms with van der Waals surface area (Å²) >= 11 is 0. The van der Waals surface area contributed by atoms with Crippen LogP contribution in [0, 0.1) is 19.8 Å². The van der Waals surface area contributed by atoms with Crippen LogP contribution in [-0.2, 0) is 16.0 Å². The third-order valence-electron chi connectivity index (χ3n) is 5.34. The second-order valence-electron chi connectivity index (χ2n) is 7.49. The van der Waals surface area contributed by atoms with Crippen LogP contribution in [0.1, 0.15) is 23.1 Å². The van der Waals surface area contributed by atoms with Gasteiger partial charge in [-0.05, 0) is 49.6 Å². The SMILES string of the molecule is COc1ccc(CCN2CC(C(=O)Nc3ccc(C)cc3C)CC2=O)cc1OC. The van der Waals surface area contributed by atoms with Crippen LogP contribution in [0.5, 0.6) is 11.5 Å². The zero-order valence-electron chi connectivity index (χ0n) is 17.5. The predicted molar refractivity (Wildman–Crippen MR) is 112 cm³/mol. The van der Waals surface area contributed by atoms with E-state index < -0.39 is 0 Å². The lowest BCUT2D eigenvalue weighted by molar-refractivity contribution is -0.128. The number of carbonyl (C=O) groups excluding carboxylic acids is 2. The molecule has 0 radical (unpaired) electrons. The van der Waals surface area contributed by atoms with Gasteiger partial charge < -0.3 is 19.7 Å². The molecule has 6 nitrogen and oxygen atoms in total. The van der Waals surface area contributed by atoms with E-state index in [9.17, 15) is 9.59 Å². The monoisotopic (exact) mass is 396 g/mol. The van der Waals surface area contributed by atoms with Crippen molar-refractivity contribution in [3.63, 3.8) is 0 Å². The van der Waals surface area contributed by atoms with Crippen molar-refractivity contribution in [3.05, 3.63) is 53.1 Å². The number of rotatable bonds is 7. The molecular weight excluding hydrogens is 368 g/mol. The Morgan fingerprint density at radius 3 is 2.55 bits per heavy atom. The summed E-state index contributed by atoms with van der Waals surface area (Å²) < 4.78 is 10.6. The minimum Gasteiger partial charge on any atom is -0.493 e. The van der Waals surface area contributed by atoms with Gasteiger partial charge >= 0.3 is 0 Å². The standard InChI is InChI=1S/C23H28N2O4/c1-15-5-7-19(16(2)11-15)24-23(27)18-13-22(26)25(14-18)10-9-17-6-8-20(28-3)21(12-17)29-4/h5-8,11-12,18H,9-10,13-14H2,1-4H3,(H,24,27). The van der Waals surface area contributed by atoms with E-state index in [1.54, 1.807) is 19.1 Å². The average Bonchev–Trinajstić information content (AvgIpc) is 3.09. The summed E-state index contributed by atoms with van der Waals surface area (Å²) in [7, 11) is 3.20. The number of amides is 2. The summed E-state index contributed by atoms with van der Waals surface area (Å²) in [6, 6.07) is 11.7. The molecule has 1 saturated heterocycles. The number of likely N-dealkylation sites (tertiary alicyclic amines) is 1. The second kappa shape index (κ2) is 8.99. The normalized spacial score (nSPS) is 16.1. The summed E-state index contributed by atoms with van der Waals surface area (Å²) in [4.78, 5) is 26.8. The number of anilines is 1. The first-order valence-corrected chi connectivity index (χ1v) is 9.78. The molecule has 1 unspecified atom stereocenters. The van der Waals surface area contributed by atoms with Crippen LogP contribution in [0.25, 0.3) is 0 Å². The Morgan fingerprint density at radius 1 is 1.10 bits per heavy atom. The molecular formula is C23H28N2O4. The van der Waals surface area contributed by atoms with Crippen molar-refractivity contribution < 1.29 is 19.1 Å². The van der Waals surface area contributed by atoms with E-state index >= 15 is 0 Å². The number of carbonyl (C=O) groups is 2. The summed E-state index contributed by atoms with van der Waals surface area (Å²) in [5.41, 5.74) is 4.03. The first-order chi connectivity index (χ1) is 13.9. The van der Waals surface area contributed by atoms with Gasteiger partial charge in [0, 0.05) is 25.2 Å². The Hall–Kier alpha value is -3.02. The Kier molecular flexibility index (Phi) is 6.42. The van der Waals surface area contributed by atoms with Crippen molar-refractivity contribution in [2.45, 2.75) is 26.7 Å². The topological polar surface area (TPSA) is 67.9 Å². The van der Waals surface area contributed by atoms with Crippen LogP contribution in [0.2, 0.25) is 0 Å². The number of benzene rings is 2. The van der Waals surface area contributed by atoms with E-state index in [-0.39, 0.29) is 24.2 Å². The van der Waals surface area contributed by atoms with Crippen molar-refractivity contribution in [2.24, 2.45) is 5.92 Å². The number of ether oxygens (including phenoxy) is 2. The summed E-state index contributed by atoms with van der Waals surface area (Å²) in [6.07, 6.45) is 0.945. The van der Waals surface area contributed by atoms with Crippen molar-refractivity contribution in [1.82, 2.24) is 4.90 Å². The molecule has 1 aliphatic rings. The molecule has 1 fully saturated rings. The first-order valence-electron chi connectivity index (χ1n) is 9.78. The summed E-state index contributed by atoms with van der Waals surface area (Å²) in [5, 5.41) is 2.97. The fourth-order valence-corrected chi connectivity index (χ4v) is 3.65. The van der Waals surface area contributed by atoms with Gasteiger partial charge in [0.15, 0.2) is 11.5 Å². The smallest absolute Gasteiger partial charge is 0.229 e. The molecule has 1 N–H and O–H groups in total. The van der Waals surface area contributed by atoms with Crippen molar-refractivity contribution in [3.8, 4) is 11.5 Å². The molecule has 0 bridgehead atoms. The quantitative estimate of drug-likeness (QED) is 0.779. The Bertz CT molecular complexity index is 910. The fraction of sp³-hybridized carbons (Fsp3) is 0.391. The van der Waals surface area contributed by atoms with Gasteiger partial charge in [-0.1, -0.05) is 23.8 Å². The van der Waals surface area contributed by atoms with Crippen LogP contribution >= 0.6 is 0 Å². The van der Waals surface area contributed by atoms with Crippen LogP contribution in [-0.4, -0.2) is 44.0 Å². The molecule has 2 amide bonds. The highest BCUT2D eigenvalue weighted by Crippen LogP contribution is 2.28. The van der Waals surface area contributed by atoms with Gasteiger partial charge in [-0.25, -0.2) is 0 Å². The van der Waals surface area contributed by atoms with Crippen molar-refractivity contribution in [2.75, 3.05) is 32.6 Å². The third-order valence-corrected chi connectivity index (χ3v) is 5.34. The molecule has 0 spiro atoms. The lowest BCUT2D eigenvalue weighted by Crippen LogP contribution is -2.30. The molecule has 1 atom stereocenters. The van der Waals surface area contributed by atoms with Crippen LogP contribution in [0.4, 0.5) is 5.69 Å². The largest absolute Gasteiger partial charge is 0.493 e. The Balaban J connectivity index is 1.58. The molecule has 0 aromatic heterocycles. The number of hydrogen-bond donors (Lipinski definition) is 1. The van der Waals surface area contributed by atoms with E-state index in [1.165, 1.54) is 0 Å². The van der Waals surface area contributed by atoms with Crippen LogP contribution in [0.3, 0.4) is 0 Å². The molecule has 3 rings (SSSR count). The van der Waals surface area contributed by atoms with Crippen LogP contribution < -0.4 is 14.8 Å². The molecule has 6 heteroatoms. The van der Waals surface area contributed by atoms with Gasteiger partial charge in [-0.3, -0.25) is 9.59 Å². The number of nitrogens with zero attached hydrogens (tertiary/aromatic N) is 1. The number of methoxy groups -OCH3 is 2. The van der Waals surface area contributed by atoms with E-state index in [1.807, 2.05) is 50.2 Å². The molecule has 29 heavy (non-hydrogen) atoms. The minimum atomic E-state index is -0.325. The maximum atomic E-state index is 12.7. The Labute approximate surface area is 171 Å². The van der Waals surface area contributed by atoms with E-state index in [4.69, 9.17) is 9.47 Å². The van der Waals surface area contributed by atoms with Gasteiger partial charge in [0.05, 0.1) is 20.1 Å². The fourth-order valence-electron chi connectivity index (χ4n) is 3.65. The minimum absolute atomic E-state index is 0.0197. The second-order valence-corrected chi connectivity index (χ2v) is 7.49. The summed E-state index contributed by atoms with van der Waals surface area (Å²) in [5.74, 6) is 0.943. The molecule has 1 heterocycles. The zero-order chi connectivity index (χ0) is 21.0. The highest BCUT2D eigenvalue weighted by atomic mass is 16.5. The van der Waals surface area contributed by atoms with E-state index in [2.05, 4.69) is 5.32 Å². The number of aryl methyl sites for hydroxylation is 2. The predicted octanol–water partition coefficient (Wildman–Crippen LogP) is 3.35. The van der Waals surface area contributed by atoms with Crippen LogP contribution in [0.15, 0.2) is 36.4 Å². The molecule has 0 aliphatic carbocycles. The highest BCUT2D eigenvalue weighted by molar-refractivity contribution is 5.97. The maximum absolute atomic E-state index is 12.7. The summed E-state index contributed by atoms with van der Waals surface area (Å²) in [6.45, 7) is 5.01. The van der Waals surface area contributed by atoms with Gasteiger partial charge in [0.1, 0.15) is 0 Å². The number of nitrogens with one attached hydrogen (secondary N) is 1. The zero-order valence-corrected chi connectivity index (χ0v) is 17.5. The van der Waals surface area contributed by atoms with Gasteiger partial charge in [0.2, 0.25) is 11.8 Å². The van der Waals surface area contributed by atoms with E-state index in [0.29, 0.717) is 31.0 Å².